The molecule has 0 saturated carbocycles. The predicted octanol–water partition coefficient (Wildman–Crippen LogP) is 3.33. The van der Waals surface area contributed by atoms with Crippen LogP contribution in [0.25, 0.3) is 11.0 Å². The van der Waals surface area contributed by atoms with Crippen LogP contribution >= 0.6 is 0 Å². The van der Waals surface area contributed by atoms with Gasteiger partial charge in [-0.15, -0.1) is 0 Å². The summed E-state index contributed by atoms with van der Waals surface area (Å²) in [4.78, 5) is 4.64. The van der Waals surface area contributed by atoms with Crippen LogP contribution in [-0.4, -0.2) is 34.0 Å². The normalized spacial score (nSPS) is 19.3. The number of ether oxygens (including phenoxy) is 1. The fraction of sp³-hybridized carbons (Fsp3) is 0.526. The lowest BCUT2D eigenvalue weighted by Gasteiger charge is -2.19. The van der Waals surface area contributed by atoms with Gasteiger partial charge < -0.3 is 14.4 Å². The Labute approximate surface area is 137 Å². The third kappa shape index (κ3) is 4.01. The molecule has 3 rings (SSSR count). The minimum atomic E-state index is -0.503. The molecule has 0 radical (unpaired) electrons. The summed E-state index contributed by atoms with van der Waals surface area (Å²) in [5.41, 5.74) is 2.08. The zero-order chi connectivity index (χ0) is 16.1. The molecule has 124 valence electrons. The molecule has 0 fully saturated rings. The van der Waals surface area contributed by atoms with Gasteiger partial charge in [0.15, 0.2) is 0 Å². The van der Waals surface area contributed by atoms with Crippen molar-refractivity contribution in [3.63, 3.8) is 0 Å². The van der Waals surface area contributed by atoms with Crippen molar-refractivity contribution in [1.29, 1.82) is 0 Å². The first-order valence-corrected chi connectivity index (χ1v) is 8.63. The standard InChI is InChI=1S/C19H26N2O2/c1-2-19-20-17-10-6-7-11-18(17)21(19)12-16(22)14-23-13-15-8-4-3-5-9-15/h3-4,6-7,10-11,15-16,22H,2,5,8-9,12-14H2,1H3/t15-,16-/m1/s1. The van der Waals surface area contributed by atoms with Crippen LogP contribution in [-0.2, 0) is 17.7 Å². The number of nitrogens with zero attached hydrogens (tertiary/aromatic N) is 2. The quantitative estimate of drug-likeness (QED) is 0.797. The summed E-state index contributed by atoms with van der Waals surface area (Å²) in [7, 11) is 0. The molecule has 0 unspecified atom stereocenters. The molecule has 1 aliphatic carbocycles. The van der Waals surface area contributed by atoms with Crippen LogP contribution in [0.5, 0.6) is 0 Å². The number of allylic oxidation sites excluding steroid dienone is 2. The van der Waals surface area contributed by atoms with E-state index in [0.717, 1.165) is 42.7 Å². The number of aromatic nitrogens is 2. The fourth-order valence-corrected chi connectivity index (χ4v) is 3.24. The first kappa shape index (κ1) is 16.2. The molecule has 1 aromatic carbocycles. The van der Waals surface area contributed by atoms with Gasteiger partial charge in [-0.3, -0.25) is 0 Å². The first-order valence-electron chi connectivity index (χ1n) is 8.63. The van der Waals surface area contributed by atoms with E-state index < -0.39 is 6.10 Å². The van der Waals surface area contributed by atoms with E-state index >= 15 is 0 Å². The van der Waals surface area contributed by atoms with Crippen LogP contribution in [0.3, 0.4) is 0 Å². The minimum Gasteiger partial charge on any atom is -0.389 e. The van der Waals surface area contributed by atoms with Crippen molar-refractivity contribution in [1.82, 2.24) is 9.55 Å². The third-order valence-corrected chi connectivity index (χ3v) is 4.48. The molecule has 0 saturated heterocycles. The molecule has 1 N–H and O–H groups in total. The highest BCUT2D eigenvalue weighted by molar-refractivity contribution is 5.75. The SMILES string of the molecule is CCc1nc2ccccc2n1C[C@@H](O)COC[C@@H]1CC=CCC1. The minimum absolute atomic E-state index is 0.385. The number of rotatable bonds is 7. The number of hydrogen-bond donors (Lipinski definition) is 1. The molecular weight excluding hydrogens is 288 g/mol. The van der Waals surface area contributed by atoms with E-state index in [-0.39, 0.29) is 0 Å². The maximum absolute atomic E-state index is 10.3. The molecule has 2 atom stereocenters. The number of aliphatic hydroxyl groups excluding tert-OH is 1. The van der Waals surface area contributed by atoms with Crippen molar-refractivity contribution >= 4 is 11.0 Å². The summed E-state index contributed by atoms with van der Waals surface area (Å²) in [5.74, 6) is 1.62. The smallest absolute Gasteiger partial charge is 0.109 e. The van der Waals surface area contributed by atoms with E-state index in [1.807, 2.05) is 18.2 Å². The third-order valence-electron chi connectivity index (χ3n) is 4.48. The van der Waals surface area contributed by atoms with Crippen LogP contribution in [0.1, 0.15) is 32.0 Å². The Bertz CT molecular complexity index is 662. The Morgan fingerprint density at radius 3 is 3.00 bits per heavy atom. The second-order valence-corrected chi connectivity index (χ2v) is 6.32. The van der Waals surface area contributed by atoms with Gasteiger partial charge in [-0.05, 0) is 37.3 Å². The number of aryl methyl sites for hydroxylation is 1. The highest BCUT2D eigenvalue weighted by Crippen LogP contribution is 2.19. The average Bonchev–Trinajstić information content (AvgIpc) is 2.94. The predicted molar refractivity (Wildman–Crippen MR) is 92.4 cm³/mol. The summed E-state index contributed by atoms with van der Waals surface area (Å²) in [6.07, 6.45) is 8.27. The molecule has 0 bridgehead atoms. The molecule has 0 spiro atoms. The van der Waals surface area contributed by atoms with Crippen molar-refractivity contribution < 1.29 is 9.84 Å². The van der Waals surface area contributed by atoms with Crippen molar-refractivity contribution in [2.45, 2.75) is 45.3 Å². The lowest BCUT2D eigenvalue weighted by molar-refractivity contribution is 0.0128. The van der Waals surface area contributed by atoms with Gasteiger partial charge in [-0.1, -0.05) is 31.2 Å². The molecule has 23 heavy (non-hydrogen) atoms. The number of hydrogen-bond acceptors (Lipinski definition) is 3. The molecule has 2 aromatic rings. The van der Waals surface area contributed by atoms with Crippen molar-refractivity contribution in [2.75, 3.05) is 13.2 Å². The van der Waals surface area contributed by atoms with Gasteiger partial charge in [-0.25, -0.2) is 4.98 Å². The average molecular weight is 314 g/mol. The zero-order valence-electron chi connectivity index (χ0n) is 13.8. The lowest BCUT2D eigenvalue weighted by atomic mass is 9.95. The Balaban J connectivity index is 1.57. The highest BCUT2D eigenvalue weighted by Gasteiger charge is 2.15. The van der Waals surface area contributed by atoms with E-state index in [1.54, 1.807) is 0 Å². The molecule has 4 nitrogen and oxygen atoms in total. The van der Waals surface area contributed by atoms with Gasteiger partial charge in [0.2, 0.25) is 0 Å². The molecule has 1 aliphatic rings. The van der Waals surface area contributed by atoms with Gasteiger partial charge in [0, 0.05) is 13.0 Å². The second kappa shape index (κ2) is 7.75. The van der Waals surface area contributed by atoms with Gasteiger partial charge in [0.25, 0.3) is 0 Å². The molecule has 0 aliphatic heterocycles. The number of benzene rings is 1. The fourth-order valence-electron chi connectivity index (χ4n) is 3.24. The van der Waals surface area contributed by atoms with Gasteiger partial charge in [0.1, 0.15) is 5.82 Å². The van der Waals surface area contributed by atoms with E-state index in [0.29, 0.717) is 19.1 Å². The van der Waals surface area contributed by atoms with E-state index in [1.165, 1.54) is 6.42 Å². The van der Waals surface area contributed by atoms with E-state index in [9.17, 15) is 5.11 Å². The molecule has 0 amide bonds. The Morgan fingerprint density at radius 1 is 1.35 bits per heavy atom. The Kier molecular flexibility index (Phi) is 5.47. The molecular formula is C19H26N2O2. The van der Waals surface area contributed by atoms with Crippen LogP contribution in [0.2, 0.25) is 0 Å². The van der Waals surface area contributed by atoms with E-state index in [4.69, 9.17) is 4.74 Å². The topological polar surface area (TPSA) is 47.3 Å². The molecule has 1 heterocycles. The van der Waals surface area contributed by atoms with Crippen LogP contribution in [0.15, 0.2) is 36.4 Å². The molecule has 1 aromatic heterocycles. The summed E-state index contributed by atoms with van der Waals surface area (Å²) >= 11 is 0. The van der Waals surface area contributed by atoms with Crippen LogP contribution < -0.4 is 0 Å². The van der Waals surface area contributed by atoms with Crippen molar-refractivity contribution in [3.05, 3.63) is 42.2 Å². The summed E-state index contributed by atoms with van der Waals surface area (Å²) in [6, 6.07) is 8.09. The summed E-state index contributed by atoms with van der Waals surface area (Å²) in [6.45, 7) is 3.76. The highest BCUT2D eigenvalue weighted by atomic mass is 16.5. The van der Waals surface area contributed by atoms with Crippen molar-refractivity contribution in [3.8, 4) is 0 Å². The number of aliphatic hydroxyl groups is 1. The monoisotopic (exact) mass is 314 g/mol. The van der Waals surface area contributed by atoms with Crippen molar-refractivity contribution in [2.24, 2.45) is 5.92 Å². The first-order chi connectivity index (χ1) is 11.3. The van der Waals surface area contributed by atoms with Gasteiger partial charge in [-0.2, -0.15) is 0 Å². The van der Waals surface area contributed by atoms with Crippen LogP contribution in [0, 0.1) is 5.92 Å². The Morgan fingerprint density at radius 2 is 2.22 bits per heavy atom. The van der Waals surface area contributed by atoms with Gasteiger partial charge in [0.05, 0.1) is 30.3 Å². The van der Waals surface area contributed by atoms with E-state index in [2.05, 4.69) is 34.7 Å². The van der Waals surface area contributed by atoms with Crippen LogP contribution in [0.4, 0.5) is 0 Å². The largest absolute Gasteiger partial charge is 0.389 e. The summed E-state index contributed by atoms with van der Waals surface area (Å²) in [5, 5.41) is 10.3. The number of fused-ring (bicyclic) bond motifs is 1. The summed E-state index contributed by atoms with van der Waals surface area (Å²) < 4.78 is 7.87. The zero-order valence-corrected chi connectivity index (χ0v) is 13.8. The number of para-hydroxylation sites is 2. The Hall–Kier alpha value is -1.65. The van der Waals surface area contributed by atoms with Gasteiger partial charge >= 0.3 is 0 Å². The second-order valence-electron chi connectivity index (χ2n) is 6.32. The molecule has 4 heteroatoms. The maximum Gasteiger partial charge on any atom is 0.109 e. The maximum atomic E-state index is 10.3. The number of imidazole rings is 1. The lowest BCUT2D eigenvalue weighted by Crippen LogP contribution is -2.24.